The zero-order valence-corrected chi connectivity index (χ0v) is 11.4. The number of amides is 1. The number of nitrogens with one attached hydrogen (secondary N) is 1. The molecule has 1 atom stereocenters. The lowest BCUT2D eigenvalue weighted by atomic mass is 10.0. The highest BCUT2D eigenvalue weighted by molar-refractivity contribution is 7.99. The number of halogens is 2. The minimum Gasteiger partial charge on any atom is -0.376 e. The standard InChI is InChI=1S/C13H15F2NO2S/c1-18-13(4-5-19-8-13)7-16-12(17)9-2-3-10(14)11(15)6-9/h2-3,6H,4-5,7-8H2,1H3,(H,16,17)/t13-/m0/s1. The van der Waals surface area contributed by atoms with E-state index in [-0.39, 0.29) is 11.2 Å². The highest BCUT2D eigenvalue weighted by Crippen LogP contribution is 2.30. The Morgan fingerprint density at radius 3 is 2.84 bits per heavy atom. The number of carbonyl (C=O) groups is 1. The topological polar surface area (TPSA) is 38.3 Å². The Hall–Kier alpha value is -1.14. The second-order valence-corrected chi connectivity index (χ2v) is 5.61. The molecule has 0 aromatic heterocycles. The molecule has 0 unspecified atom stereocenters. The summed E-state index contributed by atoms with van der Waals surface area (Å²) < 4.78 is 31.3. The molecule has 1 aliphatic rings. The summed E-state index contributed by atoms with van der Waals surface area (Å²) in [7, 11) is 1.62. The molecule has 1 aromatic carbocycles. The summed E-state index contributed by atoms with van der Waals surface area (Å²) in [4.78, 5) is 11.9. The maximum atomic E-state index is 13.0. The maximum Gasteiger partial charge on any atom is 0.251 e. The number of ether oxygens (including phenoxy) is 1. The molecular formula is C13H15F2NO2S. The van der Waals surface area contributed by atoms with E-state index >= 15 is 0 Å². The molecule has 3 nitrogen and oxygen atoms in total. The van der Waals surface area contributed by atoms with Gasteiger partial charge in [0.05, 0.1) is 5.60 Å². The lowest BCUT2D eigenvalue weighted by molar-refractivity contribution is 0.0137. The highest BCUT2D eigenvalue weighted by Gasteiger charge is 2.34. The van der Waals surface area contributed by atoms with Crippen molar-refractivity contribution in [3.63, 3.8) is 0 Å². The predicted molar refractivity (Wildman–Crippen MR) is 70.4 cm³/mol. The molecule has 1 fully saturated rings. The van der Waals surface area contributed by atoms with E-state index in [9.17, 15) is 13.6 Å². The van der Waals surface area contributed by atoms with Gasteiger partial charge in [-0.1, -0.05) is 0 Å². The predicted octanol–water partition coefficient (Wildman–Crippen LogP) is 2.22. The van der Waals surface area contributed by atoms with Gasteiger partial charge in [0.2, 0.25) is 0 Å². The second-order valence-electron chi connectivity index (χ2n) is 4.50. The molecule has 0 radical (unpaired) electrons. The molecule has 1 heterocycles. The highest BCUT2D eigenvalue weighted by atomic mass is 32.2. The summed E-state index contributed by atoms with van der Waals surface area (Å²) >= 11 is 1.77. The SMILES string of the molecule is CO[C@]1(CNC(=O)c2ccc(F)c(F)c2)CCSC1. The molecule has 1 aliphatic heterocycles. The summed E-state index contributed by atoms with van der Waals surface area (Å²) in [6.07, 6.45) is 0.867. The van der Waals surface area contributed by atoms with E-state index in [4.69, 9.17) is 4.74 Å². The van der Waals surface area contributed by atoms with Crippen LogP contribution in [-0.4, -0.2) is 36.7 Å². The van der Waals surface area contributed by atoms with Crippen molar-refractivity contribution in [2.75, 3.05) is 25.2 Å². The molecule has 0 aliphatic carbocycles. The second kappa shape index (κ2) is 5.88. The zero-order valence-electron chi connectivity index (χ0n) is 10.5. The summed E-state index contributed by atoms with van der Waals surface area (Å²) in [5, 5.41) is 2.71. The molecule has 2 rings (SSSR count). The minimum atomic E-state index is -1.02. The molecule has 6 heteroatoms. The fourth-order valence-corrected chi connectivity index (χ4v) is 3.34. The van der Waals surface area contributed by atoms with E-state index in [1.54, 1.807) is 18.9 Å². The van der Waals surface area contributed by atoms with Crippen molar-refractivity contribution in [2.24, 2.45) is 0 Å². The van der Waals surface area contributed by atoms with Gasteiger partial charge in [-0.3, -0.25) is 4.79 Å². The number of thioether (sulfide) groups is 1. The molecule has 19 heavy (non-hydrogen) atoms. The Morgan fingerprint density at radius 1 is 1.47 bits per heavy atom. The monoisotopic (exact) mass is 287 g/mol. The Labute approximate surface area is 114 Å². The fraction of sp³-hybridized carbons (Fsp3) is 0.462. The van der Waals surface area contributed by atoms with Crippen LogP contribution < -0.4 is 5.32 Å². The molecular weight excluding hydrogens is 272 g/mol. The van der Waals surface area contributed by atoms with Crippen LogP contribution >= 0.6 is 11.8 Å². The van der Waals surface area contributed by atoms with E-state index in [1.807, 2.05) is 0 Å². The van der Waals surface area contributed by atoms with E-state index in [0.29, 0.717) is 6.54 Å². The average molecular weight is 287 g/mol. The average Bonchev–Trinajstić information content (AvgIpc) is 2.89. The van der Waals surface area contributed by atoms with Crippen LogP contribution in [0.1, 0.15) is 16.8 Å². The molecule has 1 saturated heterocycles. The smallest absolute Gasteiger partial charge is 0.251 e. The minimum absolute atomic E-state index is 0.107. The summed E-state index contributed by atoms with van der Waals surface area (Å²) in [6.45, 7) is 0.369. The fourth-order valence-electron chi connectivity index (χ4n) is 1.94. The summed E-state index contributed by atoms with van der Waals surface area (Å²) in [6, 6.07) is 3.10. The maximum absolute atomic E-state index is 13.0. The van der Waals surface area contributed by atoms with Gasteiger partial charge in [0.15, 0.2) is 11.6 Å². The van der Waals surface area contributed by atoms with E-state index in [1.165, 1.54) is 6.07 Å². The van der Waals surface area contributed by atoms with Crippen LogP contribution in [0.15, 0.2) is 18.2 Å². The molecule has 0 spiro atoms. The van der Waals surface area contributed by atoms with Crippen molar-refractivity contribution in [2.45, 2.75) is 12.0 Å². The van der Waals surface area contributed by atoms with Crippen molar-refractivity contribution in [1.29, 1.82) is 0 Å². The van der Waals surface area contributed by atoms with Crippen LogP contribution in [0.5, 0.6) is 0 Å². The van der Waals surface area contributed by atoms with Gasteiger partial charge in [0, 0.05) is 25.0 Å². The van der Waals surface area contributed by atoms with Gasteiger partial charge in [-0.25, -0.2) is 8.78 Å². The first-order chi connectivity index (χ1) is 9.06. The zero-order chi connectivity index (χ0) is 13.9. The van der Waals surface area contributed by atoms with Gasteiger partial charge in [-0.05, 0) is 30.4 Å². The largest absolute Gasteiger partial charge is 0.376 e. The van der Waals surface area contributed by atoms with Gasteiger partial charge < -0.3 is 10.1 Å². The van der Waals surface area contributed by atoms with E-state index in [0.717, 1.165) is 30.1 Å². The van der Waals surface area contributed by atoms with Crippen molar-refractivity contribution in [1.82, 2.24) is 5.32 Å². The number of hydrogen-bond acceptors (Lipinski definition) is 3. The van der Waals surface area contributed by atoms with Gasteiger partial charge in [-0.15, -0.1) is 0 Å². The molecule has 104 valence electrons. The van der Waals surface area contributed by atoms with E-state index < -0.39 is 17.5 Å². The number of hydrogen-bond donors (Lipinski definition) is 1. The first-order valence-electron chi connectivity index (χ1n) is 5.92. The number of benzene rings is 1. The van der Waals surface area contributed by atoms with Gasteiger partial charge in [0.25, 0.3) is 5.91 Å². The van der Waals surface area contributed by atoms with Crippen LogP contribution in [-0.2, 0) is 4.74 Å². The third kappa shape index (κ3) is 3.25. The third-order valence-corrected chi connectivity index (χ3v) is 4.48. The quantitative estimate of drug-likeness (QED) is 0.923. The van der Waals surface area contributed by atoms with E-state index in [2.05, 4.69) is 5.32 Å². The van der Waals surface area contributed by atoms with Gasteiger partial charge >= 0.3 is 0 Å². The molecule has 1 amide bonds. The molecule has 0 bridgehead atoms. The first-order valence-corrected chi connectivity index (χ1v) is 7.08. The summed E-state index contributed by atoms with van der Waals surface area (Å²) in [5.74, 6) is -0.592. The van der Waals surface area contributed by atoms with Gasteiger partial charge in [0.1, 0.15) is 0 Å². The van der Waals surface area contributed by atoms with Crippen molar-refractivity contribution >= 4 is 17.7 Å². The Kier molecular flexibility index (Phi) is 4.42. The van der Waals surface area contributed by atoms with Crippen molar-refractivity contribution < 1.29 is 18.3 Å². The lowest BCUT2D eigenvalue weighted by Gasteiger charge is -2.26. The Bertz CT molecular complexity index is 476. The third-order valence-electron chi connectivity index (χ3n) is 3.25. The van der Waals surface area contributed by atoms with Crippen LogP contribution in [0, 0.1) is 11.6 Å². The van der Waals surface area contributed by atoms with Gasteiger partial charge in [-0.2, -0.15) is 11.8 Å². The number of rotatable bonds is 4. The first kappa shape index (κ1) is 14.3. The summed E-state index contributed by atoms with van der Waals surface area (Å²) in [5.41, 5.74) is -0.241. The van der Waals surface area contributed by atoms with Crippen molar-refractivity contribution in [3.8, 4) is 0 Å². The normalized spacial score (nSPS) is 22.5. The Morgan fingerprint density at radius 2 is 2.26 bits per heavy atom. The van der Waals surface area contributed by atoms with Crippen molar-refractivity contribution in [3.05, 3.63) is 35.4 Å². The van der Waals surface area contributed by atoms with Crippen LogP contribution in [0.25, 0.3) is 0 Å². The molecule has 1 N–H and O–H groups in total. The number of methoxy groups -OCH3 is 1. The van der Waals surface area contributed by atoms with Crippen LogP contribution in [0.2, 0.25) is 0 Å². The van der Waals surface area contributed by atoms with Crippen LogP contribution in [0.4, 0.5) is 8.78 Å². The molecule has 0 saturated carbocycles. The Balaban J connectivity index is 1.99. The number of carbonyl (C=O) groups excluding carboxylic acids is 1. The molecule has 1 aromatic rings. The lowest BCUT2D eigenvalue weighted by Crippen LogP contribution is -2.44. The van der Waals surface area contributed by atoms with Crippen LogP contribution in [0.3, 0.4) is 0 Å².